The molecule has 0 N–H and O–H groups in total. The van der Waals surface area contributed by atoms with Gasteiger partial charge in [0.1, 0.15) is 5.75 Å². The van der Waals surface area contributed by atoms with Crippen LogP contribution in [0.3, 0.4) is 0 Å². The van der Waals surface area contributed by atoms with Crippen LogP contribution in [-0.4, -0.2) is 61.2 Å². The first kappa shape index (κ1) is 20.7. The molecule has 0 saturated carbocycles. The van der Waals surface area contributed by atoms with Gasteiger partial charge in [-0.3, -0.25) is 4.79 Å². The van der Waals surface area contributed by atoms with Gasteiger partial charge in [0.15, 0.2) is 5.17 Å². The first-order valence-corrected chi connectivity index (χ1v) is 11.0. The van der Waals surface area contributed by atoms with Crippen molar-refractivity contribution in [3.63, 3.8) is 0 Å². The van der Waals surface area contributed by atoms with Crippen molar-refractivity contribution in [2.24, 2.45) is 4.99 Å². The fraction of sp³-hybridized carbons (Fsp3) is 0.333. The van der Waals surface area contributed by atoms with Crippen LogP contribution in [0.15, 0.2) is 46.3 Å². The van der Waals surface area contributed by atoms with E-state index in [9.17, 15) is 4.79 Å². The van der Waals surface area contributed by atoms with Gasteiger partial charge < -0.3 is 14.5 Å². The minimum Gasteiger partial charge on any atom is -0.496 e. The Morgan fingerprint density at radius 3 is 2.47 bits per heavy atom. The Bertz CT molecular complexity index is 1040. The summed E-state index contributed by atoms with van der Waals surface area (Å²) >= 11 is 1.47. The molecule has 0 aromatic heterocycles. The predicted molar refractivity (Wildman–Crippen MR) is 125 cm³/mol. The number of rotatable bonds is 3. The lowest BCUT2D eigenvalue weighted by atomic mass is 9.97. The number of hydrogen-bond acceptors (Lipinski definition) is 5. The Kier molecular flexibility index (Phi) is 5.97. The molecular formula is C24H27N3O2S. The number of methoxy groups -OCH3 is 1. The molecule has 1 amide bonds. The molecule has 2 heterocycles. The molecule has 0 radical (unpaired) electrons. The number of thioether (sulfide) groups is 1. The molecule has 0 atom stereocenters. The normalized spacial score (nSPS) is 18.8. The zero-order valence-corrected chi connectivity index (χ0v) is 18.8. The molecule has 2 aliphatic rings. The summed E-state index contributed by atoms with van der Waals surface area (Å²) in [5, 5.41) is 0.818. The quantitative estimate of drug-likeness (QED) is 0.695. The number of aryl methyl sites for hydroxylation is 2. The Morgan fingerprint density at radius 2 is 1.77 bits per heavy atom. The van der Waals surface area contributed by atoms with Gasteiger partial charge in [-0.05, 0) is 61.5 Å². The van der Waals surface area contributed by atoms with Crippen molar-refractivity contribution in [1.29, 1.82) is 0 Å². The largest absolute Gasteiger partial charge is 0.496 e. The van der Waals surface area contributed by atoms with Crippen LogP contribution in [-0.2, 0) is 4.79 Å². The molecule has 4 rings (SSSR count). The maximum atomic E-state index is 12.5. The van der Waals surface area contributed by atoms with Crippen molar-refractivity contribution in [2.45, 2.75) is 13.8 Å². The molecule has 6 heteroatoms. The van der Waals surface area contributed by atoms with Crippen LogP contribution < -0.4 is 4.74 Å². The van der Waals surface area contributed by atoms with E-state index in [1.54, 1.807) is 7.11 Å². The van der Waals surface area contributed by atoms with E-state index in [0.717, 1.165) is 53.8 Å². The number of carbonyl (C=O) groups excluding carboxylic acids is 1. The Morgan fingerprint density at radius 1 is 1.03 bits per heavy atom. The number of likely N-dealkylation sites (N-methyl/N-ethyl adjacent to an activating group) is 1. The fourth-order valence-corrected chi connectivity index (χ4v) is 4.78. The molecule has 0 unspecified atom stereocenters. The number of amidine groups is 1. The van der Waals surface area contributed by atoms with Crippen LogP contribution in [0.4, 0.5) is 0 Å². The Labute approximate surface area is 182 Å². The summed E-state index contributed by atoms with van der Waals surface area (Å²) in [6.07, 6.45) is 1.91. The van der Waals surface area contributed by atoms with E-state index in [1.165, 1.54) is 22.9 Å². The summed E-state index contributed by atoms with van der Waals surface area (Å²) in [5.41, 5.74) is 5.60. The summed E-state index contributed by atoms with van der Waals surface area (Å²) in [4.78, 5) is 21.9. The molecular weight excluding hydrogens is 394 g/mol. The van der Waals surface area contributed by atoms with E-state index in [1.807, 2.05) is 18.2 Å². The van der Waals surface area contributed by atoms with E-state index in [2.05, 4.69) is 60.0 Å². The third-order valence-corrected chi connectivity index (χ3v) is 6.62. The highest BCUT2D eigenvalue weighted by Gasteiger charge is 2.27. The molecule has 5 nitrogen and oxygen atoms in total. The minimum absolute atomic E-state index is 0.161. The zero-order chi connectivity index (χ0) is 21.3. The Balaban J connectivity index is 1.56. The number of amides is 1. The zero-order valence-electron chi connectivity index (χ0n) is 17.9. The molecule has 1 saturated heterocycles. The number of carbonyl (C=O) groups is 1. The lowest BCUT2D eigenvalue weighted by molar-refractivity contribution is -0.113. The monoisotopic (exact) mass is 421 g/mol. The summed E-state index contributed by atoms with van der Waals surface area (Å²) in [6, 6.07) is 12.5. The van der Waals surface area contributed by atoms with Gasteiger partial charge in [0.25, 0.3) is 5.91 Å². The maximum Gasteiger partial charge on any atom is 0.286 e. The van der Waals surface area contributed by atoms with Crippen LogP contribution in [0, 0.1) is 13.8 Å². The SMILES string of the molecule is COc1cc(/C=C2\SC(N3CCN(C)CC3)=NC2=O)ccc1-c1ccc(C)cc1C. The smallest absolute Gasteiger partial charge is 0.286 e. The van der Waals surface area contributed by atoms with Crippen LogP contribution in [0.1, 0.15) is 16.7 Å². The van der Waals surface area contributed by atoms with E-state index in [4.69, 9.17) is 4.74 Å². The maximum absolute atomic E-state index is 12.5. The van der Waals surface area contributed by atoms with Crippen LogP contribution in [0.5, 0.6) is 5.75 Å². The first-order chi connectivity index (χ1) is 14.4. The van der Waals surface area contributed by atoms with Gasteiger partial charge in [-0.1, -0.05) is 35.9 Å². The molecule has 0 aliphatic carbocycles. The van der Waals surface area contributed by atoms with E-state index < -0.39 is 0 Å². The second kappa shape index (κ2) is 8.66. The third kappa shape index (κ3) is 4.30. The summed E-state index contributed by atoms with van der Waals surface area (Å²) < 4.78 is 5.68. The van der Waals surface area contributed by atoms with Gasteiger partial charge >= 0.3 is 0 Å². The standard InChI is InChI=1S/C24H27N3O2S/c1-16-5-7-19(17(2)13-16)20-8-6-18(14-21(20)29-4)15-22-23(28)25-24(30-22)27-11-9-26(3)10-12-27/h5-8,13-15H,9-12H2,1-4H3/b22-15-. The Hall–Kier alpha value is -2.57. The molecule has 0 bridgehead atoms. The molecule has 1 fully saturated rings. The lowest BCUT2D eigenvalue weighted by Gasteiger charge is -2.32. The van der Waals surface area contributed by atoms with Crippen molar-refractivity contribution in [1.82, 2.24) is 9.80 Å². The lowest BCUT2D eigenvalue weighted by Crippen LogP contribution is -2.46. The number of benzene rings is 2. The topological polar surface area (TPSA) is 45.1 Å². The summed E-state index contributed by atoms with van der Waals surface area (Å²) in [5.74, 6) is 0.637. The molecule has 0 spiro atoms. The molecule has 2 aliphatic heterocycles. The van der Waals surface area contributed by atoms with Crippen molar-refractivity contribution >= 4 is 28.9 Å². The van der Waals surface area contributed by atoms with Gasteiger partial charge in [-0.2, -0.15) is 4.99 Å². The number of nitrogens with zero attached hydrogens (tertiary/aromatic N) is 3. The second-order valence-corrected chi connectivity index (χ2v) is 8.89. The van der Waals surface area contributed by atoms with Crippen molar-refractivity contribution in [3.05, 3.63) is 58.0 Å². The average Bonchev–Trinajstić information content (AvgIpc) is 3.09. The van der Waals surface area contributed by atoms with Crippen molar-refractivity contribution in [3.8, 4) is 16.9 Å². The second-order valence-electron chi connectivity index (χ2n) is 7.88. The molecule has 2 aromatic carbocycles. The van der Waals surface area contributed by atoms with Gasteiger partial charge in [0.2, 0.25) is 0 Å². The number of hydrogen-bond donors (Lipinski definition) is 0. The van der Waals surface area contributed by atoms with Crippen LogP contribution in [0.25, 0.3) is 17.2 Å². The number of aliphatic imine (C=N–C) groups is 1. The van der Waals surface area contributed by atoms with Gasteiger partial charge in [0, 0.05) is 31.7 Å². The molecule has 2 aromatic rings. The highest BCUT2D eigenvalue weighted by Crippen LogP contribution is 2.36. The van der Waals surface area contributed by atoms with Crippen LogP contribution in [0.2, 0.25) is 0 Å². The summed E-state index contributed by atoms with van der Waals surface area (Å²) in [6.45, 7) is 8.00. The fourth-order valence-electron chi connectivity index (χ4n) is 3.82. The van der Waals surface area contributed by atoms with E-state index in [-0.39, 0.29) is 5.91 Å². The summed E-state index contributed by atoms with van der Waals surface area (Å²) in [7, 11) is 3.80. The van der Waals surface area contributed by atoms with E-state index >= 15 is 0 Å². The van der Waals surface area contributed by atoms with Crippen molar-refractivity contribution < 1.29 is 9.53 Å². The highest BCUT2D eigenvalue weighted by atomic mass is 32.2. The molecule has 30 heavy (non-hydrogen) atoms. The van der Waals surface area contributed by atoms with Crippen molar-refractivity contribution in [2.75, 3.05) is 40.3 Å². The number of piperazine rings is 1. The highest BCUT2D eigenvalue weighted by molar-refractivity contribution is 8.18. The minimum atomic E-state index is -0.161. The van der Waals surface area contributed by atoms with E-state index in [0.29, 0.717) is 4.91 Å². The third-order valence-electron chi connectivity index (χ3n) is 5.58. The number of ether oxygens (including phenoxy) is 1. The first-order valence-electron chi connectivity index (χ1n) is 10.2. The van der Waals surface area contributed by atoms with Gasteiger partial charge in [-0.25, -0.2) is 0 Å². The average molecular weight is 422 g/mol. The molecule has 156 valence electrons. The predicted octanol–water partition coefficient (Wildman–Crippen LogP) is 4.20. The van der Waals surface area contributed by atoms with Crippen LogP contribution >= 0.6 is 11.8 Å². The van der Waals surface area contributed by atoms with Gasteiger partial charge in [0.05, 0.1) is 12.0 Å². The van der Waals surface area contributed by atoms with Gasteiger partial charge in [-0.15, -0.1) is 0 Å².